The predicted octanol–water partition coefficient (Wildman–Crippen LogP) is 5.78. The van der Waals surface area contributed by atoms with Crippen LogP contribution in [0.25, 0.3) is 0 Å². The molecular formula is C26H38FNO5Si. The van der Waals surface area contributed by atoms with Crippen LogP contribution in [0.3, 0.4) is 0 Å². The van der Waals surface area contributed by atoms with Gasteiger partial charge in [0, 0.05) is 24.6 Å². The number of ether oxygens (including phenoxy) is 3. The van der Waals surface area contributed by atoms with E-state index in [0.717, 1.165) is 5.56 Å². The van der Waals surface area contributed by atoms with E-state index in [1.165, 1.54) is 33.5 Å². The van der Waals surface area contributed by atoms with Gasteiger partial charge in [0.15, 0.2) is 19.8 Å². The summed E-state index contributed by atoms with van der Waals surface area (Å²) in [6.45, 7) is 12.0. The smallest absolute Gasteiger partial charge is 0.251 e. The summed E-state index contributed by atoms with van der Waals surface area (Å²) in [4.78, 5) is 13.0. The van der Waals surface area contributed by atoms with E-state index in [2.05, 4.69) is 39.2 Å². The molecule has 0 bridgehead atoms. The van der Waals surface area contributed by atoms with Crippen molar-refractivity contribution in [3.8, 4) is 17.2 Å². The molecule has 0 fully saturated rings. The van der Waals surface area contributed by atoms with E-state index >= 15 is 0 Å². The molecular weight excluding hydrogens is 453 g/mol. The van der Waals surface area contributed by atoms with Crippen LogP contribution in [-0.4, -0.2) is 48.7 Å². The van der Waals surface area contributed by atoms with Crippen LogP contribution >= 0.6 is 0 Å². The Labute approximate surface area is 203 Å². The van der Waals surface area contributed by atoms with Gasteiger partial charge in [0.05, 0.1) is 21.3 Å². The minimum absolute atomic E-state index is 0.0312. The molecule has 1 unspecified atom stereocenters. The Morgan fingerprint density at radius 1 is 1.00 bits per heavy atom. The molecule has 0 heterocycles. The molecule has 0 saturated heterocycles. The Bertz CT molecular complexity index is 932. The summed E-state index contributed by atoms with van der Waals surface area (Å²) in [5.74, 6) is 0.651. The number of carbonyl (C=O) groups is 1. The summed E-state index contributed by atoms with van der Waals surface area (Å²) < 4.78 is 35.9. The molecule has 2 aromatic carbocycles. The second kappa shape index (κ2) is 11.7. The maximum absolute atomic E-state index is 13.5. The molecule has 6 nitrogen and oxygen atoms in total. The number of methoxy groups -OCH3 is 3. The van der Waals surface area contributed by atoms with E-state index in [0.29, 0.717) is 42.4 Å². The van der Waals surface area contributed by atoms with Crippen molar-refractivity contribution in [3.63, 3.8) is 0 Å². The third-order valence-corrected chi connectivity index (χ3v) is 11.1. The van der Waals surface area contributed by atoms with Crippen molar-refractivity contribution >= 4 is 14.2 Å². The van der Waals surface area contributed by atoms with Crippen molar-refractivity contribution in [1.82, 2.24) is 5.32 Å². The lowest BCUT2D eigenvalue weighted by Gasteiger charge is -2.36. The van der Waals surface area contributed by atoms with Gasteiger partial charge in [0.1, 0.15) is 5.82 Å². The average molecular weight is 492 g/mol. The molecule has 2 rings (SSSR count). The van der Waals surface area contributed by atoms with Gasteiger partial charge in [0.2, 0.25) is 5.75 Å². The van der Waals surface area contributed by atoms with Crippen LogP contribution in [-0.2, 0) is 4.43 Å². The van der Waals surface area contributed by atoms with Crippen LogP contribution in [0, 0.1) is 5.82 Å². The van der Waals surface area contributed by atoms with Gasteiger partial charge in [-0.1, -0.05) is 32.9 Å². The van der Waals surface area contributed by atoms with Crippen LogP contribution in [0.5, 0.6) is 17.2 Å². The summed E-state index contributed by atoms with van der Waals surface area (Å²) in [5, 5.41) is 3.11. The summed E-state index contributed by atoms with van der Waals surface area (Å²) in [6, 6.07) is 9.64. The van der Waals surface area contributed by atoms with Crippen molar-refractivity contribution in [2.75, 3.05) is 34.5 Å². The number of halogens is 1. The lowest BCUT2D eigenvalue weighted by atomic mass is 9.96. The number of amides is 1. The van der Waals surface area contributed by atoms with E-state index < -0.39 is 8.32 Å². The minimum atomic E-state index is -1.90. The van der Waals surface area contributed by atoms with E-state index in [1.54, 1.807) is 24.3 Å². The molecule has 1 amide bonds. The SMILES string of the molecule is COc1cc(C(=O)NCC(CCO[Si](C)(C)C(C)(C)C)c2ccc(F)cc2)cc(OC)c1OC. The van der Waals surface area contributed by atoms with Gasteiger partial charge in [-0.25, -0.2) is 4.39 Å². The highest BCUT2D eigenvalue weighted by Gasteiger charge is 2.37. The van der Waals surface area contributed by atoms with Crippen LogP contribution < -0.4 is 19.5 Å². The second-order valence-electron chi connectivity index (χ2n) is 9.77. The first kappa shape index (κ1) is 27.7. The molecule has 0 aliphatic heterocycles. The van der Waals surface area contributed by atoms with Gasteiger partial charge in [-0.2, -0.15) is 0 Å². The fourth-order valence-electron chi connectivity index (χ4n) is 3.32. The lowest BCUT2D eigenvalue weighted by Crippen LogP contribution is -2.41. The van der Waals surface area contributed by atoms with Crippen molar-refractivity contribution in [2.45, 2.75) is 51.2 Å². The largest absolute Gasteiger partial charge is 0.493 e. The Balaban J connectivity index is 2.17. The highest BCUT2D eigenvalue weighted by atomic mass is 28.4. The molecule has 2 aromatic rings. The normalized spacial score (nSPS) is 12.7. The second-order valence-corrected chi connectivity index (χ2v) is 14.6. The first-order chi connectivity index (χ1) is 15.9. The highest BCUT2D eigenvalue weighted by molar-refractivity contribution is 6.74. The van der Waals surface area contributed by atoms with Crippen LogP contribution in [0.4, 0.5) is 4.39 Å². The van der Waals surface area contributed by atoms with Crippen molar-refractivity contribution in [1.29, 1.82) is 0 Å². The third kappa shape index (κ3) is 6.96. The number of benzene rings is 2. The van der Waals surface area contributed by atoms with Crippen LogP contribution in [0.15, 0.2) is 36.4 Å². The topological polar surface area (TPSA) is 66.0 Å². The summed E-state index contributed by atoms with van der Waals surface area (Å²) in [5.41, 5.74) is 1.34. The number of hydrogen-bond donors (Lipinski definition) is 1. The van der Waals surface area contributed by atoms with Crippen molar-refractivity contribution < 1.29 is 27.8 Å². The summed E-state index contributed by atoms with van der Waals surface area (Å²) in [7, 11) is 2.63. The molecule has 1 atom stereocenters. The summed E-state index contributed by atoms with van der Waals surface area (Å²) >= 11 is 0. The standard InChI is InChI=1S/C26H38FNO5Si/c1-26(2,3)34(7,8)33-14-13-19(18-9-11-21(27)12-10-18)17-28-25(29)20-15-22(30-4)24(32-6)23(16-20)31-5/h9-12,15-16,19H,13-14,17H2,1-8H3,(H,28,29). The van der Waals surface area contributed by atoms with Gasteiger partial charge in [-0.3, -0.25) is 4.79 Å². The Morgan fingerprint density at radius 2 is 1.56 bits per heavy atom. The molecule has 8 heteroatoms. The zero-order chi connectivity index (χ0) is 25.5. The zero-order valence-electron chi connectivity index (χ0n) is 21.6. The van der Waals surface area contributed by atoms with Gasteiger partial charge in [-0.15, -0.1) is 0 Å². The average Bonchev–Trinajstić information content (AvgIpc) is 2.79. The van der Waals surface area contributed by atoms with Gasteiger partial charge in [-0.05, 0) is 54.4 Å². The first-order valence-electron chi connectivity index (χ1n) is 11.4. The van der Waals surface area contributed by atoms with Crippen LogP contribution in [0.1, 0.15) is 49.0 Å². The van der Waals surface area contributed by atoms with Crippen molar-refractivity contribution in [3.05, 3.63) is 53.3 Å². The molecule has 0 aromatic heterocycles. The van der Waals surface area contributed by atoms with E-state index in [-0.39, 0.29) is 22.7 Å². The predicted molar refractivity (Wildman–Crippen MR) is 135 cm³/mol. The number of carbonyl (C=O) groups excluding carboxylic acids is 1. The molecule has 0 aliphatic carbocycles. The van der Waals surface area contributed by atoms with Gasteiger partial charge >= 0.3 is 0 Å². The Kier molecular flexibility index (Phi) is 9.52. The molecule has 34 heavy (non-hydrogen) atoms. The molecule has 0 radical (unpaired) electrons. The van der Waals surface area contributed by atoms with Crippen LogP contribution in [0.2, 0.25) is 18.1 Å². The number of rotatable bonds is 11. The van der Waals surface area contributed by atoms with E-state index in [1.807, 2.05) is 0 Å². The highest BCUT2D eigenvalue weighted by Crippen LogP contribution is 2.38. The molecule has 188 valence electrons. The molecule has 1 N–H and O–H groups in total. The first-order valence-corrected chi connectivity index (χ1v) is 14.3. The molecule has 0 saturated carbocycles. The third-order valence-electron chi connectivity index (χ3n) is 6.51. The van der Waals surface area contributed by atoms with Crippen molar-refractivity contribution in [2.24, 2.45) is 0 Å². The maximum atomic E-state index is 13.5. The monoisotopic (exact) mass is 491 g/mol. The number of nitrogens with one attached hydrogen (secondary N) is 1. The zero-order valence-corrected chi connectivity index (χ0v) is 22.6. The minimum Gasteiger partial charge on any atom is -0.493 e. The quantitative estimate of drug-likeness (QED) is 0.404. The van der Waals surface area contributed by atoms with Gasteiger partial charge < -0.3 is 24.0 Å². The van der Waals surface area contributed by atoms with E-state index in [4.69, 9.17) is 18.6 Å². The fourth-order valence-corrected chi connectivity index (χ4v) is 4.39. The maximum Gasteiger partial charge on any atom is 0.251 e. The van der Waals surface area contributed by atoms with E-state index in [9.17, 15) is 9.18 Å². The Morgan fingerprint density at radius 3 is 2.03 bits per heavy atom. The lowest BCUT2D eigenvalue weighted by molar-refractivity contribution is 0.0948. The van der Waals surface area contributed by atoms with Gasteiger partial charge in [0.25, 0.3) is 5.91 Å². The fraction of sp³-hybridized carbons (Fsp3) is 0.500. The Hall–Kier alpha value is -2.58. The summed E-state index contributed by atoms with van der Waals surface area (Å²) in [6.07, 6.45) is 0.702. The number of hydrogen-bond acceptors (Lipinski definition) is 5. The molecule has 0 aliphatic rings. The molecule has 0 spiro atoms.